The van der Waals surface area contributed by atoms with E-state index in [0.717, 1.165) is 27.2 Å². The molecule has 0 saturated heterocycles. The van der Waals surface area contributed by atoms with Crippen LogP contribution in [0.2, 0.25) is 0 Å². The molecule has 1 amide bonds. The Balaban J connectivity index is 1.60. The van der Waals surface area contributed by atoms with E-state index in [1.165, 1.54) is 16.2 Å². The summed E-state index contributed by atoms with van der Waals surface area (Å²) in [4.78, 5) is 25.6. The van der Waals surface area contributed by atoms with Crippen LogP contribution in [0.5, 0.6) is 5.75 Å². The molecule has 0 N–H and O–H groups in total. The van der Waals surface area contributed by atoms with Crippen molar-refractivity contribution in [2.24, 2.45) is 0 Å². The zero-order valence-corrected chi connectivity index (χ0v) is 20.7. The second-order valence-corrected chi connectivity index (χ2v) is 10.5. The minimum atomic E-state index is -0.00555. The van der Waals surface area contributed by atoms with Gasteiger partial charge in [0.15, 0.2) is 5.13 Å². The fourth-order valence-corrected chi connectivity index (χ4v) is 5.26. The number of aromatic nitrogens is 2. The van der Waals surface area contributed by atoms with E-state index in [9.17, 15) is 4.79 Å². The van der Waals surface area contributed by atoms with E-state index in [0.29, 0.717) is 30.0 Å². The average Bonchev–Trinajstić information content (AvgIpc) is 3.22. The maximum absolute atomic E-state index is 13.5. The standard InChI is InChI=1S/C26H27N3O2S2/c1-4-31-21-10-13-23-24(16-21)33-26(28-23)29(17-20-7-5-6-14-27-20)25(30)15-19-8-11-22(12-9-19)32-18(2)3/h5-14,16,18H,4,15,17H2,1-3H3. The summed E-state index contributed by atoms with van der Waals surface area (Å²) in [5, 5.41) is 1.19. The lowest BCUT2D eigenvalue weighted by Gasteiger charge is -2.19. The van der Waals surface area contributed by atoms with Crippen LogP contribution >= 0.6 is 23.1 Å². The minimum Gasteiger partial charge on any atom is -0.494 e. The summed E-state index contributed by atoms with van der Waals surface area (Å²) in [5.74, 6) is 0.802. The Morgan fingerprint density at radius 3 is 2.64 bits per heavy atom. The number of benzene rings is 2. The van der Waals surface area contributed by atoms with Crippen LogP contribution < -0.4 is 9.64 Å². The van der Waals surface area contributed by atoms with Crippen LogP contribution in [0.15, 0.2) is 71.8 Å². The van der Waals surface area contributed by atoms with Gasteiger partial charge in [0.25, 0.3) is 0 Å². The SMILES string of the molecule is CCOc1ccc2nc(N(Cc3ccccn3)C(=O)Cc3ccc(SC(C)C)cc3)sc2c1. The highest BCUT2D eigenvalue weighted by Crippen LogP contribution is 2.33. The van der Waals surface area contributed by atoms with E-state index in [1.54, 1.807) is 11.1 Å². The van der Waals surface area contributed by atoms with Crippen molar-refractivity contribution in [2.75, 3.05) is 11.5 Å². The second-order valence-electron chi connectivity index (χ2n) is 7.85. The van der Waals surface area contributed by atoms with Gasteiger partial charge >= 0.3 is 0 Å². The monoisotopic (exact) mass is 477 g/mol. The first-order valence-corrected chi connectivity index (χ1v) is 12.7. The lowest BCUT2D eigenvalue weighted by molar-refractivity contribution is -0.118. The summed E-state index contributed by atoms with van der Waals surface area (Å²) in [6.07, 6.45) is 2.05. The molecule has 2 aromatic heterocycles. The Hall–Kier alpha value is -2.90. The fraction of sp³-hybridized carbons (Fsp3) is 0.269. The molecule has 0 bridgehead atoms. The van der Waals surface area contributed by atoms with Crippen molar-refractivity contribution in [3.8, 4) is 5.75 Å². The fourth-order valence-electron chi connectivity index (χ4n) is 3.41. The van der Waals surface area contributed by atoms with Crippen molar-refractivity contribution < 1.29 is 9.53 Å². The van der Waals surface area contributed by atoms with Crippen molar-refractivity contribution in [3.05, 3.63) is 78.1 Å². The van der Waals surface area contributed by atoms with Crippen molar-refractivity contribution >= 4 is 44.4 Å². The minimum absolute atomic E-state index is 0.00555. The Bertz CT molecular complexity index is 1210. The third kappa shape index (κ3) is 6.12. The molecular weight excluding hydrogens is 450 g/mol. The smallest absolute Gasteiger partial charge is 0.233 e. The van der Waals surface area contributed by atoms with E-state index in [-0.39, 0.29) is 5.91 Å². The molecule has 5 nitrogen and oxygen atoms in total. The number of ether oxygens (including phenoxy) is 1. The number of amides is 1. The molecule has 0 aliphatic rings. The quantitative estimate of drug-likeness (QED) is 0.262. The summed E-state index contributed by atoms with van der Waals surface area (Å²) >= 11 is 3.31. The number of pyridine rings is 1. The van der Waals surface area contributed by atoms with Crippen LogP contribution in [0.3, 0.4) is 0 Å². The van der Waals surface area contributed by atoms with Crippen molar-refractivity contribution in [1.29, 1.82) is 0 Å². The molecule has 170 valence electrons. The Morgan fingerprint density at radius 1 is 1.12 bits per heavy atom. The molecule has 0 spiro atoms. The van der Waals surface area contributed by atoms with Gasteiger partial charge in [0.2, 0.25) is 5.91 Å². The number of hydrogen-bond acceptors (Lipinski definition) is 6. The van der Waals surface area contributed by atoms with Crippen LogP contribution in [0.1, 0.15) is 32.0 Å². The molecule has 4 aromatic rings. The van der Waals surface area contributed by atoms with Crippen LogP contribution in [-0.2, 0) is 17.8 Å². The van der Waals surface area contributed by atoms with Crippen molar-refractivity contribution in [3.63, 3.8) is 0 Å². The molecule has 0 unspecified atom stereocenters. The van der Waals surface area contributed by atoms with Crippen LogP contribution in [0.4, 0.5) is 5.13 Å². The summed E-state index contributed by atoms with van der Waals surface area (Å²) in [7, 11) is 0. The summed E-state index contributed by atoms with van der Waals surface area (Å²) in [6, 6.07) is 19.8. The van der Waals surface area contributed by atoms with Gasteiger partial charge in [-0.05, 0) is 55.0 Å². The third-order valence-corrected chi connectivity index (χ3v) is 6.95. The van der Waals surface area contributed by atoms with E-state index in [1.807, 2.05) is 67.2 Å². The summed E-state index contributed by atoms with van der Waals surface area (Å²) in [6.45, 7) is 7.29. The summed E-state index contributed by atoms with van der Waals surface area (Å²) < 4.78 is 6.62. The third-order valence-electron chi connectivity index (χ3n) is 4.89. The molecule has 33 heavy (non-hydrogen) atoms. The molecule has 0 atom stereocenters. The lowest BCUT2D eigenvalue weighted by Crippen LogP contribution is -2.32. The van der Waals surface area contributed by atoms with Crippen molar-refractivity contribution in [2.45, 2.75) is 43.9 Å². The van der Waals surface area contributed by atoms with E-state index in [4.69, 9.17) is 9.72 Å². The van der Waals surface area contributed by atoms with Gasteiger partial charge in [-0.15, -0.1) is 11.8 Å². The number of fused-ring (bicyclic) bond motifs is 1. The van der Waals surface area contributed by atoms with E-state index >= 15 is 0 Å². The second kappa shape index (κ2) is 10.8. The number of thioether (sulfide) groups is 1. The molecule has 0 aliphatic heterocycles. The number of rotatable bonds is 9. The number of carbonyl (C=O) groups excluding carboxylic acids is 1. The molecule has 2 aromatic carbocycles. The molecule has 0 fully saturated rings. The van der Waals surface area contributed by atoms with Gasteiger partial charge in [-0.2, -0.15) is 0 Å². The summed E-state index contributed by atoms with van der Waals surface area (Å²) in [5.41, 5.74) is 2.66. The van der Waals surface area contributed by atoms with Crippen LogP contribution in [0.25, 0.3) is 10.2 Å². The van der Waals surface area contributed by atoms with Gasteiger partial charge < -0.3 is 4.74 Å². The van der Waals surface area contributed by atoms with Gasteiger partial charge in [-0.3, -0.25) is 14.7 Å². The number of thiazole rings is 1. The van der Waals surface area contributed by atoms with Crippen molar-refractivity contribution in [1.82, 2.24) is 9.97 Å². The molecule has 0 aliphatic carbocycles. The number of nitrogens with zero attached hydrogens (tertiary/aromatic N) is 3. The number of anilines is 1. The highest BCUT2D eigenvalue weighted by molar-refractivity contribution is 7.99. The zero-order chi connectivity index (χ0) is 23.2. The first kappa shape index (κ1) is 23.3. The van der Waals surface area contributed by atoms with Gasteiger partial charge in [0.1, 0.15) is 5.75 Å². The predicted octanol–water partition coefficient (Wildman–Crippen LogP) is 6.37. The Morgan fingerprint density at radius 2 is 1.94 bits per heavy atom. The molecule has 0 saturated carbocycles. The number of hydrogen-bond donors (Lipinski definition) is 0. The van der Waals surface area contributed by atoms with Gasteiger partial charge in [0.05, 0.1) is 35.5 Å². The van der Waals surface area contributed by atoms with E-state index in [2.05, 4.69) is 31.0 Å². The first-order valence-electron chi connectivity index (χ1n) is 11.0. The highest BCUT2D eigenvalue weighted by Gasteiger charge is 2.21. The molecule has 4 rings (SSSR count). The first-order chi connectivity index (χ1) is 16.0. The maximum atomic E-state index is 13.5. The van der Waals surface area contributed by atoms with Gasteiger partial charge in [-0.1, -0.05) is 43.4 Å². The molecule has 2 heterocycles. The lowest BCUT2D eigenvalue weighted by atomic mass is 10.1. The maximum Gasteiger partial charge on any atom is 0.233 e. The number of carbonyl (C=O) groups is 1. The van der Waals surface area contributed by atoms with E-state index < -0.39 is 0 Å². The highest BCUT2D eigenvalue weighted by atomic mass is 32.2. The Labute approximate surface area is 202 Å². The normalized spacial score (nSPS) is 11.2. The van der Waals surface area contributed by atoms with Crippen LogP contribution in [0, 0.1) is 0 Å². The molecule has 7 heteroatoms. The predicted molar refractivity (Wildman–Crippen MR) is 137 cm³/mol. The Kier molecular flexibility index (Phi) is 7.62. The average molecular weight is 478 g/mol. The largest absolute Gasteiger partial charge is 0.494 e. The molecular formula is C26H27N3O2S2. The molecule has 0 radical (unpaired) electrons. The zero-order valence-electron chi connectivity index (χ0n) is 19.0. The topological polar surface area (TPSA) is 55.3 Å². The van der Waals surface area contributed by atoms with Gasteiger partial charge in [-0.25, -0.2) is 4.98 Å². The van der Waals surface area contributed by atoms with Gasteiger partial charge in [0, 0.05) is 16.3 Å². The van der Waals surface area contributed by atoms with Crippen LogP contribution in [-0.4, -0.2) is 27.7 Å².